The molecule has 0 spiro atoms. The van der Waals surface area contributed by atoms with Gasteiger partial charge in [0.05, 0.1) is 13.2 Å². The first-order valence-electron chi connectivity index (χ1n) is 7.26. The minimum Gasteiger partial charge on any atom is -0.493 e. The molecule has 0 radical (unpaired) electrons. The van der Waals surface area contributed by atoms with Gasteiger partial charge in [0.15, 0.2) is 11.5 Å². The molecule has 2 aromatic rings. The Hall–Kier alpha value is -2.00. The highest BCUT2D eigenvalue weighted by atomic mass is 16.5. The van der Waals surface area contributed by atoms with Gasteiger partial charge in [0, 0.05) is 0 Å². The number of rotatable bonds is 6. The van der Waals surface area contributed by atoms with Gasteiger partial charge in [-0.25, -0.2) is 0 Å². The van der Waals surface area contributed by atoms with E-state index in [1.54, 1.807) is 7.11 Å². The van der Waals surface area contributed by atoms with Gasteiger partial charge in [-0.1, -0.05) is 42.8 Å². The maximum Gasteiger partial charge on any atom is 0.161 e. The Balaban J connectivity index is 2.03. The van der Waals surface area contributed by atoms with E-state index < -0.39 is 0 Å². The molecule has 1 unspecified atom stereocenters. The molecule has 0 saturated heterocycles. The van der Waals surface area contributed by atoms with Crippen molar-refractivity contribution in [3.63, 3.8) is 0 Å². The summed E-state index contributed by atoms with van der Waals surface area (Å²) in [5.74, 6) is 1.49. The van der Waals surface area contributed by atoms with Crippen molar-refractivity contribution < 1.29 is 9.47 Å². The van der Waals surface area contributed by atoms with Crippen LogP contribution in [0.3, 0.4) is 0 Å². The zero-order chi connectivity index (χ0) is 15.2. The molecule has 3 nitrogen and oxygen atoms in total. The van der Waals surface area contributed by atoms with Crippen molar-refractivity contribution in [2.75, 3.05) is 13.7 Å². The van der Waals surface area contributed by atoms with Crippen molar-refractivity contribution in [3.05, 3.63) is 59.2 Å². The van der Waals surface area contributed by atoms with Crippen LogP contribution in [0.5, 0.6) is 11.5 Å². The summed E-state index contributed by atoms with van der Waals surface area (Å²) in [6.07, 6.45) is 0.972. The number of hydrogen-bond donors (Lipinski definition) is 1. The average Bonchev–Trinajstić information content (AvgIpc) is 2.53. The molecule has 2 rings (SSSR count). The average molecular weight is 285 g/mol. The third-order valence-corrected chi connectivity index (χ3v) is 3.56. The summed E-state index contributed by atoms with van der Waals surface area (Å²) in [6.45, 7) is 4.60. The Morgan fingerprint density at radius 2 is 1.76 bits per heavy atom. The number of ether oxygens (including phenoxy) is 2. The fourth-order valence-corrected chi connectivity index (χ4v) is 2.14. The molecule has 0 fully saturated rings. The third-order valence-electron chi connectivity index (χ3n) is 3.56. The summed E-state index contributed by atoms with van der Waals surface area (Å²) in [4.78, 5) is 0. The second kappa shape index (κ2) is 7.14. The highest BCUT2D eigenvalue weighted by molar-refractivity contribution is 5.43. The highest BCUT2D eigenvalue weighted by Gasteiger charge is 2.10. The third kappa shape index (κ3) is 3.99. The van der Waals surface area contributed by atoms with Gasteiger partial charge in [-0.15, -0.1) is 0 Å². The van der Waals surface area contributed by atoms with E-state index in [4.69, 9.17) is 15.2 Å². The Bertz CT molecular complexity index is 578. The fraction of sp³-hybridized carbons (Fsp3) is 0.333. The van der Waals surface area contributed by atoms with E-state index in [0.717, 1.165) is 23.5 Å². The van der Waals surface area contributed by atoms with E-state index in [1.165, 1.54) is 11.1 Å². The first kappa shape index (κ1) is 15.4. The first-order valence-corrected chi connectivity index (χ1v) is 7.26. The van der Waals surface area contributed by atoms with Crippen LogP contribution in [0.4, 0.5) is 0 Å². The number of methoxy groups -OCH3 is 1. The van der Waals surface area contributed by atoms with Gasteiger partial charge in [-0.05, 0) is 36.6 Å². The van der Waals surface area contributed by atoms with Crippen LogP contribution in [0.2, 0.25) is 0 Å². The number of nitrogens with two attached hydrogens (primary N) is 1. The van der Waals surface area contributed by atoms with E-state index in [0.29, 0.717) is 6.61 Å². The van der Waals surface area contributed by atoms with E-state index in [1.807, 2.05) is 24.3 Å². The molecule has 0 aliphatic carbocycles. The molecule has 2 N–H and O–H groups in total. The normalized spacial score (nSPS) is 12.0. The summed E-state index contributed by atoms with van der Waals surface area (Å²) in [6, 6.07) is 14.1. The molecular weight excluding hydrogens is 262 g/mol. The van der Waals surface area contributed by atoms with Gasteiger partial charge in [0.1, 0.15) is 6.61 Å². The lowest BCUT2D eigenvalue weighted by atomic mass is 10.1. The molecule has 0 aromatic heterocycles. The van der Waals surface area contributed by atoms with Gasteiger partial charge in [-0.3, -0.25) is 0 Å². The van der Waals surface area contributed by atoms with Crippen molar-refractivity contribution in [2.24, 2.45) is 5.73 Å². The largest absolute Gasteiger partial charge is 0.493 e. The monoisotopic (exact) mass is 285 g/mol. The predicted molar refractivity (Wildman–Crippen MR) is 86.0 cm³/mol. The Kier molecular flexibility index (Phi) is 5.23. The van der Waals surface area contributed by atoms with E-state index >= 15 is 0 Å². The van der Waals surface area contributed by atoms with Gasteiger partial charge in [0.25, 0.3) is 0 Å². The molecule has 0 bridgehead atoms. The molecule has 0 heterocycles. The molecule has 112 valence electrons. The zero-order valence-electron chi connectivity index (χ0n) is 12.9. The molecule has 1 atom stereocenters. The SMILES string of the molecule is CCc1ccc(OCC(N)c2ccc(C)cc2)c(OC)c1. The minimum absolute atomic E-state index is 0.152. The molecule has 0 amide bonds. The first-order chi connectivity index (χ1) is 10.1. The van der Waals surface area contributed by atoms with Crippen LogP contribution in [-0.2, 0) is 6.42 Å². The van der Waals surface area contributed by atoms with Crippen molar-refractivity contribution in [3.8, 4) is 11.5 Å². The molecule has 0 aliphatic rings. The van der Waals surface area contributed by atoms with Gasteiger partial charge in [0.2, 0.25) is 0 Å². The van der Waals surface area contributed by atoms with Crippen molar-refractivity contribution in [2.45, 2.75) is 26.3 Å². The zero-order valence-corrected chi connectivity index (χ0v) is 12.9. The molecular formula is C18H23NO2. The lowest BCUT2D eigenvalue weighted by Gasteiger charge is -2.16. The van der Waals surface area contributed by atoms with Crippen LogP contribution in [0.25, 0.3) is 0 Å². The van der Waals surface area contributed by atoms with Crippen molar-refractivity contribution in [1.29, 1.82) is 0 Å². The number of hydrogen-bond acceptors (Lipinski definition) is 3. The topological polar surface area (TPSA) is 44.5 Å². The van der Waals surface area contributed by atoms with Crippen LogP contribution in [0.1, 0.15) is 29.7 Å². The summed E-state index contributed by atoms with van der Waals surface area (Å²) in [5.41, 5.74) is 9.70. The lowest BCUT2D eigenvalue weighted by molar-refractivity contribution is 0.273. The maximum atomic E-state index is 6.17. The fourth-order valence-electron chi connectivity index (χ4n) is 2.14. The quantitative estimate of drug-likeness (QED) is 0.881. The number of aryl methyl sites for hydroxylation is 2. The van der Waals surface area contributed by atoms with E-state index in [9.17, 15) is 0 Å². The highest BCUT2D eigenvalue weighted by Crippen LogP contribution is 2.29. The molecule has 3 heteroatoms. The van der Waals surface area contributed by atoms with Crippen molar-refractivity contribution >= 4 is 0 Å². The minimum atomic E-state index is -0.152. The maximum absolute atomic E-state index is 6.17. The Morgan fingerprint density at radius 3 is 2.38 bits per heavy atom. The van der Waals surface area contributed by atoms with Crippen molar-refractivity contribution in [1.82, 2.24) is 0 Å². The lowest BCUT2D eigenvalue weighted by Crippen LogP contribution is -2.19. The summed E-state index contributed by atoms with van der Waals surface area (Å²) in [7, 11) is 1.65. The van der Waals surface area contributed by atoms with Crippen LogP contribution in [0.15, 0.2) is 42.5 Å². The smallest absolute Gasteiger partial charge is 0.161 e. The van der Waals surface area contributed by atoms with Gasteiger partial charge >= 0.3 is 0 Å². The molecule has 0 saturated carbocycles. The van der Waals surface area contributed by atoms with Crippen LogP contribution in [0, 0.1) is 6.92 Å². The predicted octanol–water partition coefficient (Wildman–Crippen LogP) is 3.64. The van der Waals surface area contributed by atoms with Crippen LogP contribution in [-0.4, -0.2) is 13.7 Å². The Morgan fingerprint density at radius 1 is 1.05 bits per heavy atom. The second-order valence-corrected chi connectivity index (χ2v) is 5.17. The molecule has 0 aliphatic heterocycles. The van der Waals surface area contributed by atoms with Crippen LogP contribution < -0.4 is 15.2 Å². The summed E-state index contributed by atoms with van der Waals surface area (Å²) >= 11 is 0. The van der Waals surface area contributed by atoms with E-state index in [-0.39, 0.29) is 6.04 Å². The summed E-state index contributed by atoms with van der Waals surface area (Å²) < 4.78 is 11.2. The standard InChI is InChI=1S/C18H23NO2/c1-4-14-7-10-17(18(11-14)20-3)21-12-16(19)15-8-5-13(2)6-9-15/h5-11,16H,4,12,19H2,1-3H3. The van der Waals surface area contributed by atoms with Gasteiger partial charge < -0.3 is 15.2 Å². The molecule has 2 aromatic carbocycles. The molecule has 21 heavy (non-hydrogen) atoms. The number of benzene rings is 2. The second-order valence-electron chi connectivity index (χ2n) is 5.17. The van der Waals surface area contributed by atoms with Crippen LogP contribution >= 0.6 is 0 Å². The summed E-state index contributed by atoms with van der Waals surface area (Å²) in [5, 5.41) is 0. The van der Waals surface area contributed by atoms with Gasteiger partial charge in [-0.2, -0.15) is 0 Å². The Labute approximate surface area is 126 Å². The van der Waals surface area contributed by atoms with E-state index in [2.05, 4.69) is 32.0 Å².